The highest BCUT2D eigenvalue weighted by Crippen LogP contribution is 2.18. The maximum Gasteiger partial charge on any atom is 0.191 e. The van der Waals surface area contributed by atoms with E-state index in [-0.39, 0.29) is 24.0 Å². The minimum Gasteiger partial charge on any atom is -0.357 e. The molecule has 5 nitrogen and oxygen atoms in total. The van der Waals surface area contributed by atoms with E-state index in [4.69, 9.17) is 0 Å². The van der Waals surface area contributed by atoms with Crippen LogP contribution < -0.4 is 10.6 Å². The number of hydrogen-bond acceptors (Lipinski definition) is 4. The van der Waals surface area contributed by atoms with Gasteiger partial charge in [0.2, 0.25) is 0 Å². The smallest absolute Gasteiger partial charge is 0.191 e. The number of halogens is 1. The molecule has 2 aromatic rings. The maximum atomic E-state index is 4.67. The first-order valence-electron chi connectivity index (χ1n) is 8.60. The van der Waals surface area contributed by atoms with E-state index >= 15 is 0 Å². The Labute approximate surface area is 171 Å². The molecule has 138 valence electrons. The highest BCUT2D eigenvalue weighted by Gasteiger charge is 2.05. The standard InChI is InChI=1S/C18H27N5S.HI/c1-4-16-14(3)24-17(23-16)10-13-22-18(19-5-2)21-12-9-15-8-6-7-11-20-15;/h6-8,11H,4-5,9-10,12-13H2,1-3H3,(H2,19,21,22);1H. The number of hydrogen-bond donors (Lipinski definition) is 2. The van der Waals surface area contributed by atoms with Crippen molar-refractivity contribution in [3.63, 3.8) is 0 Å². The third kappa shape index (κ3) is 7.68. The molecule has 2 rings (SSSR count). The van der Waals surface area contributed by atoms with Crippen LogP contribution in [0.4, 0.5) is 0 Å². The van der Waals surface area contributed by atoms with Crippen molar-refractivity contribution in [2.75, 3.05) is 19.6 Å². The third-order valence-corrected chi connectivity index (χ3v) is 4.68. The van der Waals surface area contributed by atoms with Crippen LogP contribution in [-0.2, 0) is 19.3 Å². The zero-order valence-corrected chi connectivity index (χ0v) is 18.4. The Morgan fingerprint density at radius 1 is 1.20 bits per heavy atom. The number of aliphatic imine (C=N–C) groups is 1. The zero-order valence-electron chi connectivity index (χ0n) is 15.2. The topological polar surface area (TPSA) is 62.2 Å². The quantitative estimate of drug-likeness (QED) is 0.351. The first-order chi connectivity index (χ1) is 11.7. The van der Waals surface area contributed by atoms with E-state index in [0.717, 1.165) is 50.6 Å². The molecule has 2 aromatic heterocycles. The summed E-state index contributed by atoms with van der Waals surface area (Å²) in [6.45, 7) is 8.79. The van der Waals surface area contributed by atoms with Gasteiger partial charge in [0.05, 0.1) is 10.7 Å². The van der Waals surface area contributed by atoms with Gasteiger partial charge in [-0.3, -0.25) is 9.98 Å². The van der Waals surface area contributed by atoms with Crippen LogP contribution in [-0.4, -0.2) is 35.6 Å². The molecule has 25 heavy (non-hydrogen) atoms. The molecule has 0 aliphatic rings. The molecule has 0 atom stereocenters. The van der Waals surface area contributed by atoms with E-state index in [1.807, 2.05) is 24.4 Å². The van der Waals surface area contributed by atoms with Crippen LogP contribution in [0.15, 0.2) is 29.4 Å². The molecule has 0 spiro atoms. The molecule has 7 heteroatoms. The lowest BCUT2D eigenvalue weighted by atomic mass is 10.3. The Bertz CT molecular complexity index is 642. The van der Waals surface area contributed by atoms with Gasteiger partial charge >= 0.3 is 0 Å². The molecule has 0 fully saturated rings. The van der Waals surface area contributed by atoms with Gasteiger partial charge in [-0.1, -0.05) is 13.0 Å². The number of guanidine groups is 1. The molecule has 0 unspecified atom stereocenters. The number of nitrogens with one attached hydrogen (secondary N) is 2. The van der Waals surface area contributed by atoms with Gasteiger partial charge in [-0.25, -0.2) is 4.98 Å². The SMILES string of the molecule is CCNC(=NCCc1nc(CC)c(C)s1)NCCc1ccccn1.I. The van der Waals surface area contributed by atoms with Crippen molar-refractivity contribution in [1.82, 2.24) is 20.6 Å². The van der Waals surface area contributed by atoms with Crippen LogP contribution in [0.1, 0.15) is 35.1 Å². The van der Waals surface area contributed by atoms with Gasteiger partial charge in [0, 0.05) is 49.2 Å². The minimum atomic E-state index is 0. The Hall–Kier alpha value is -1.22. The average molecular weight is 473 g/mol. The maximum absolute atomic E-state index is 4.67. The van der Waals surface area contributed by atoms with Crippen LogP contribution in [0.25, 0.3) is 0 Å². The van der Waals surface area contributed by atoms with Gasteiger partial charge in [-0.15, -0.1) is 35.3 Å². The van der Waals surface area contributed by atoms with E-state index in [1.165, 1.54) is 15.6 Å². The van der Waals surface area contributed by atoms with E-state index in [2.05, 4.69) is 46.4 Å². The number of pyridine rings is 1. The monoisotopic (exact) mass is 473 g/mol. The lowest BCUT2D eigenvalue weighted by Crippen LogP contribution is -2.38. The lowest BCUT2D eigenvalue weighted by Gasteiger charge is -2.10. The predicted molar refractivity (Wildman–Crippen MR) is 117 cm³/mol. The van der Waals surface area contributed by atoms with E-state index in [0.29, 0.717) is 0 Å². The van der Waals surface area contributed by atoms with Gasteiger partial charge in [0.25, 0.3) is 0 Å². The number of rotatable bonds is 8. The van der Waals surface area contributed by atoms with Crippen LogP contribution in [0.2, 0.25) is 0 Å². The first kappa shape index (κ1) is 21.8. The number of thiazole rings is 1. The summed E-state index contributed by atoms with van der Waals surface area (Å²) >= 11 is 1.79. The van der Waals surface area contributed by atoms with Crippen LogP contribution in [0.5, 0.6) is 0 Å². The Morgan fingerprint density at radius 2 is 2.04 bits per heavy atom. The molecule has 0 saturated carbocycles. The summed E-state index contributed by atoms with van der Waals surface area (Å²) in [4.78, 5) is 15.0. The third-order valence-electron chi connectivity index (χ3n) is 3.61. The van der Waals surface area contributed by atoms with Crippen molar-refractivity contribution in [3.8, 4) is 0 Å². The fraction of sp³-hybridized carbons (Fsp3) is 0.500. The van der Waals surface area contributed by atoms with Crippen molar-refractivity contribution < 1.29 is 0 Å². The van der Waals surface area contributed by atoms with E-state index < -0.39 is 0 Å². The molecule has 0 aliphatic heterocycles. The average Bonchev–Trinajstić information content (AvgIpc) is 2.95. The highest BCUT2D eigenvalue weighted by atomic mass is 127. The number of nitrogens with zero attached hydrogens (tertiary/aromatic N) is 3. The summed E-state index contributed by atoms with van der Waals surface area (Å²) in [5, 5.41) is 7.83. The summed E-state index contributed by atoms with van der Waals surface area (Å²) in [6, 6.07) is 6.00. The highest BCUT2D eigenvalue weighted by molar-refractivity contribution is 14.0. The van der Waals surface area contributed by atoms with Gasteiger partial charge < -0.3 is 10.6 Å². The van der Waals surface area contributed by atoms with Crippen LogP contribution >= 0.6 is 35.3 Å². The predicted octanol–water partition coefficient (Wildman–Crippen LogP) is 3.37. The molecule has 0 radical (unpaired) electrons. The fourth-order valence-corrected chi connectivity index (χ4v) is 3.39. The Kier molecular flexibility index (Phi) is 10.6. The van der Waals surface area contributed by atoms with Crippen molar-refractivity contribution in [3.05, 3.63) is 45.7 Å². The van der Waals surface area contributed by atoms with Crippen LogP contribution in [0, 0.1) is 6.92 Å². The summed E-state index contributed by atoms with van der Waals surface area (Å²) in [5.74, 6) is 0.859. The summed E-state index contributed by atoms with van der Waals surface area (Å²) in [6.07, 6.45) is 4.61. The Balaban J connectivity index is 0.00000312. The molecule has 0 saturated heterocycles. The largest absolute Gasteiger partial charge is 0.357 e. The lowest BCUT2D eigenvalue weighted by molar-refractivity contribution is 0.785. The second-order valence-corrected chi connectivity index (χ2v) is 6.76. The molecular formula is C18H28IN5S. The van der Waals surface area contributed by atoms with E-state index in [1.54, 1.807) is 11.3 Å². The minimum absolute atomic E-state index is 0. The van der Waals surface area contributed by atoms with Gasteiger partial charge in [-0.05, 0) is 32.4 Å². The van der Waals surface area contributed by atoms with Crippen molar-refractivity contribution in [2.24, 2.45) is 4.99 Å². The molecular weight excluding hydrogens is 445 g/mol. The van der Waals surface area contributed by atoms with Crippen molar-refractivity contribution in [2.45, 2.75) is 40.0 Å². The van der Waals surface area contributed by atoms with E-state index in [9.17, 15) is 0 Å². The summed E-state index contributed by atoms with van der Waals surface area (Å²) in [5.41, 5.74) is 2.31. The fourth-order valence-electron chi connectivity index (χ4n) is 2.38. The molecule has 0 aromatic carbocycles. The molecule has 0 bridgehead atoms. The Morgan fingerprint density at radius 3 is 2.68 bits per heavy atom. The van der Waals surface area contributed by atoms with Crippen molar-refractivity contribution >= 4 is 41.3 Å². The van der Waals surface area contributed by atoms with Crippen molar-refractivity contribution in [1.29, 1.82) is 0 Å². The normalized spacial score (nSPS) is 11.1. The first-order valence-corrected chi connectivity index (χ1v) is 9.41. The van der Waals surface area contributed by atoms with Crippen LogP contribution in [0.3, 0.4) is 0 Å². The molecule has 0 amide bonds. The van der Waals surface area contributed by atoms with Gasteiger partial charge in [0.15, 0.2) is 5.96 Å². The molecule has 0 aliphatic carbocycles. The number of aryl methyl sites for hydroxylation is 2. The number of aromatic nitrogens is 2. The second kappa shape index (κ2) is 12.2. The molecule has 2 N–H and O–H groups in total. The molecule has 2 heterocycles. The second-order valence-electron chi connectivity index (χ2n) is 5.47. The van der Waals surface area contributed by atoms with Gasteiger partial charge in [-0.2, -0.15) is 0 Å². The zero-order chi connectivity index (χ0) is 17.2. The summed E-state index contributed by atoms with van der Waals surface area (Å²) < 4.78 is 0. The van der Waals surface area contributed by atoms with Gasteiger partial charge in [0.1, 0.15) is 0 Å². The summed E-state index contributed by atoms with van der Waals surface area (Å²) in [7, 11) is 0.